The van der Waals surface area contributed by atoms with Crippen LogP contribution in [0.5, 0.6) is 0 Å². The highest BCUT2D eigenvalue weighted by molar-refractivity contribution is 7.17. The lowest BCUT2D eigenvalue weighted by molar-refractivity contribution is 0.835. The molecule has 2 heterocycles. The maximum absolute atomic E-state index is 4.39. The highest BCUT2D eigenvalue weighted by Crippen LogP contribution is 2.26. The summed E-state index contributed by atoms with van der Waals surface area (Å²) in [5.74, 6) is 0.517. The molecule has 0 atom stereocenters. The lowest BCUT2D eigenvalue weighted by Crippen LogP contribution is -1.91. The Morgan fingerprint density at radius 3 is 2.57 bits per heavy atom. The number of pyridine rings is 1. The maximum atomic E-state index is 4.39. The lowest BCUT2D eigenvalue weighted by Gasteiger charge is -2.04. The van der Waals surface area contributed by atoms with Crippen molar-refractivity contribution in [2.75, 3.05) is 0 Å². The van der Waals surface area contributed by atoms with E-state index in [1.807, 2.05) is 20.0 Å². The molecular formula is C12H17NS. The minimum absolute atomic E-state index is 0.517. The van der Waals surface area contributed by atoms with Gasteiger partial charge in [-0.2, -0.15) is 0 Å². The van der Waals surface area contributed by atoms with E-state index in [-0.39, 0.29) is 0 Å². The lowest BCUT2D eigenvalue weighted by atomic mass is 10.1. The van der Waals surface area contributed by atoms with Gasteiger partial charge in [0.25, 0.3) is 0 Å². The van der Waals surface area contributed by atoms with E-state index < -0.39 is 0 Å². The van der Waals surface area contributed by atoms with Crippen LogP contribution in [0.15, 0.2) is 23.7 Å². The number of rotatable bonds is 1. The molecule has 0 radical (unpaired) electrons. The Balaban J connectivity index is 0.000000461. The smallest absolute Gasteiger partial charge is 0.0515 e. The van der Waals surface area contributed by atoms with E-state index in [4.69, 9.17) is 0 Å². The zero-order valence-corrected chi connectivity index (χ0v) is 10.1. The summed E-state index contributed by atoms with van der Waals surface area (Å²) >= 11 is 1.78. The molecule has 0 spiro atoms. The fourth-order valence-corrected chi connectivity index (χ4v) is 2.17. The molecule has 1 nitrogen and oxygen atoms in total. The summed E-state index contributed by atoms with van der Waals surface area (Å²) in [7, 11) is 0. The van der Waals surface area contributed by atoms with Crippen LogP contribution in [0.2, 0.25) is 0 Å². The van der Waals surface area contributed by atoms with E-state index in [2.05, 4.69) is 36.3 Å². The van der Waals surface area contributed by atoms with Crippen LogP contribution < -0.4 is 0 Å². The van der Waals surface area contributed by atoms with Crippen molar-refractivity contribution in [1.82, 2.24) is 4.98 Å². The molecule has 0 aliphatic carbocycles. The maximum Gasteiger partial charge on any atom is 0.0515 e. The molecule has 14 heavy (non-hydrogen) atoms. The van der Waals surface area contributed by atoms with E-state index in [9.17, 15) is 0 Å². The van der Waals surface area contributed by atoms with Crippen LogP contribution in [0.1, 0.15) is 39.3 Å². The molecule has 0 bridgehead atoms. The topological polar surface area (TPSA) is 12.9 Å². The second-order valence-electron chi connectivity index (χ2n) is 3.18. The molecule has 76 valence electrons. The average molecular weight is 207 g/mol. The van der Waals surface area contributed by atoms with Crippen LogP contribution in [0.25, 0.3) is 10.1 Å². The monoisotopic (exact) mass is 207 g/mol. The Bertz CT molecular complexity index is 390. The predicted octanol–water partition coefficient (Wildman–Crippen LogP) is 4.45. The van der Waals surface area contributed by atoms with Crippen molar-refractivity contribution in [1.29, 1.82) is 0 Å². The Hall–Kier alpha value is -0.890. The Labute approximate surface area is 89.8 Å². The third kappa shape index (κ3) is 2.13. The molecule has 2 rings (SSSR count). The predicted molar refractivity (Wildman–Crippen MR) is 65.1 cm³/mol. The highest BCUT2D eigenvalue weighted by Gasteiger charge is 2.05. The first-order valence-electron chi connectivity index (χ1n) is 5.11. The minimum Gasteiger partial charge on any atom is -0.260 e. The van der Waals surface area contributed by atoms with Crippen LogP contribution >= 0.6 is 11.3 Å². The van der Waals surface area contributed by atoms with Gasteiger partial charge in [0.15, 0.2) is 0 Å². The molecule has 0 aliphatic rings. The standard InChI is InChI=1S/C10H11NS.C2H6/c1-7(2)10-8-4-6-12-9(8)3-5-11-10;1-2/h3-7H,1-2H3;1-2H3. The molecule has 2 aromatic heterocycles. The van der Waals surface area contributed by atoms with E-state index in [1.54, 1.807) is 11.3 Å². The molecule has 0 aliphatic heterocycles. The van der Waals surface area contributed by atoms with Crippen molar-refractivity contribution in [2.24, 2.45) is 0 Å². The molecule has 0 N–H and O–H groups in total. The normalized spacial score (nSPS) is 10.1. The quantitative estimate of drug-likeness (QED) is 0.673. The van der Waals surface area contributed by atoms with Gasteiger partial charge in [-0.1, -0.05) is 27.7 Å². The molecule has 2 heteroatoms. The summed E-state index contributed by atoms with van der Waals surface area (Å²) in [6, 6.07) is 4.23. The first-order chi connectivity index (χ1) is 6.79. The summed E-state index contributed by atoms with van der Waals surface area (Å²) in [5, 5.41) is 3.44. The number of thiophene rings is 1. The molecule has 2 aromatic rings. The zero-order valence-electron chi connectivity index (χ0n) is 9.24. The number of hydrogen-bond donors (Lipinski definition) is 0. The molecule has 0 fully saturated rings. The number of nitrogens with zero attached hydrogens (tertiary/aromatic N) is 1. The third-order valence-corrected chi connectivity index (χ3v) is 2.84. The van der Waals surface area contributed by atoms with Crippen molar-refractivity contribution >= 4 is 21.4 Å². The van der Waals surface area contributed by atoms with Crippen LogP contribution in [0.4, 0.5) is 0 Å². The first kappa shape index (κ1) is 11.2. The van der Waals surface area contributed by atoms with Crippen LogP contribution in [0, 0.1) is 0 Å². The van der Waals surface area contributed by atoms with Gasteiger partial charge < -0.3 is 0 Å². The Morgan fingerprint density at radius 2 is 1.93 bits per heavy atom. The Morgan fingerprint density at radius 1 is 1.21 bits per heavy atom. The largest absolute Gasteiger partial charge is 0.260 e. The van der Waals surface area contributed by atoms with Gasteiger partial charge in [0.1, 0.15) is 0 Å². The van der Waals surface area contributed by atoms with Crippen molar-refractivity contribution in [3.8, 4) is 0 Å². The second-order valence-corrected chi connectivity index (χ2v) is 4.13. The fourth-order valence-electron chi connectivity index (χ4n) is 1.38. The number of hydrogen-bond acceptors (Lipinski definition) is 2. The average Bonchev–Trinajstić information content (AvgIpc) is 2.67. The molecule has 0 saturated heterocycles. The van der Waals surface area contributed by atoms with Gasteiger partial charge in [-0.25, -0.2) is 0 Å². The van der Waals surface area contributed by atoms with E-state index >= 15 is 0 Å². The van der Waals surface area contributed by atoms with Crippen molar-refractivity contribution in [2.45, 2.75) is 33.6 Å². The SMILES string of the molecule is CC.CC(C)c1nccc2sccc12. The van der Waals surface area contributed by atoms with Crippen molar-refractivity contribution in [3.63, 3.8) is 0 Å². The molecule has 0 amide bonds. The number of fused-ring (bicyclic) bond motifs is 1. The summed E-state index contributed by atoms with van der Waals surface area (Å²) in [6.45, 7) is 8.36. The summed E-state index contributed by atoms with van der Waals surface area (Å²) in [4.78, 5) is 4.39. The molecular weight excluding hydrogens is 190 g/mol. The summed E-state index contributed by atoms with van der Waals surface area (Å²) in [5.41, 5.74) is 1.22. The van der Waals surface area contributed by atoms with Gasteiger partial charge in [0.05, 0.1) is 5.69 Å². The fraction of sp³-hybridized carbons (Fsp3) is 0.417. The van der Waals surface area contributed by atoms with E-state index in [0.29, 0.717) is 5.92 Å². The van der Waals surface area contributed by atoms with Gasteiger partial charge in [-0.05, 0) is 23.4 Å². The van der Waals surface area contributed by atoms with Crippen LogP contribution in [-0.2, 0) is 0 Å². The van der Waals surface area contributed by atoms with Gasteiger partial charge >= 0.3 is 0 Å². The van der Waals surface area contributed by atoms with Gasteiger partial charge in [0, 0.05) is 16.3 Å². The second kappa shape index (κ2) is 5.11. The van der Waals surface area contributed by atoms with Crippen molar-refractivity contribution < 1.29 is 0 Å². The summed E-state index contributed by atoms with van der Waals surface area (Å²) < 4.78 is 1.34. The molecule has 0 unspecified atom stereocenters. The third-order valence-electron chi connectivity index (χ3n) is 1.96. The van der Waals surface area contributed by atoms with Gasteiger partial charge in [0.2, 0.25) is 0 Å². The van der Waals surface area contributed by atoms with E-state index in [0.717, 1.165) is 0 Å². The summed E-state index contributed by atoms with van der Waals surface area (Å²) in [6.07, 6.45) is 1.90. The Kier molecular flexibility index (Phi) is 4.08. The minimum atomic E-state index is 0.517. The molecule has 0 saturated carbocycles. The van der Waals surface area contributed by atoms with Gasteiger partial charge in [-0.15, -0.1) is 11.3 Å². The van der Waals surface area contributed by atoms with Crippen LogP contribution in [-0.4, -0.2) is 4.98 Å². The first-order valence-corrected chi connectivity index (χ1v) is 5.99. The van der Waals surface area contributed by atoms with E-state index in [1.165, 1.54) is 15.8 Å². The zero-order chi connectivity index (χ0) is 10.6. The van der Waals surface area contributed by atoms with Gasteiger partial charge in [-0.3, -0.25) is 4.98 Å². The molecule has 0 aromatic carbocycles. The van der Waals surface area contributed by atoms with Crippen molar-refractivity contribution in [3.05, 3.63) is 29.4 Å². The van der Waals surface area contributed by atoms with Crippen LogP contribution in [0.3, 0.4) is 0 Å². The highest BCUT2D eigenvalue weighted by atomic mass is 32.1. The number of aromatic nitrogens is 1.